The molecule has 0 unspecified atom stereocenters. The highest BCUT2D eigenvalue weighted by Crippen LogP contribution is 2.31. The van der Waals surface area contributed by atoms with E-state index in [1.54, 1.807) is 9.58 Å². The lowest BCUT2D eigenvalue weighted by molar-refractivity contribution is -0.128. The summed E-state index contributed by atoms with van der Waals surface area (Å²) in [5.74, 6) is -0.154. The Morgan fingerprint density at radius 1 is 1.03 bits per heavy atom. The number of anilines is 1. The molecule has 0 fully saturated rings. The topological polar surface area (TPSA) is 85.0 Å². The molecule has 2 aromatic heterocycles. The molecule has 2 aromatic carbocycles. The lowest BCUT2D eigenvalue weighted by Gasteiger charge is -2.34. The van der Waals surface area contributed by atoms with E-state index in [2.05, 4.69) is 29.5 Å². The molecular weight excluding hydrogens is 464 g/mol. The van der Waals surface area contributed by atoms with Crippen molar-refractivity contribution in [3.8, 4) is 0 Å². The fourth-order valence-electron chi connectivity index (χ4n) is 4.33. The zero-order valence-electron chi connectivity index (χ0n) is 22.5. The standard InChI is InChI=1S/C29H36N6O2/c1-7-29(4,5)30-28(37)27(25-13-10-18-33(25)6)35(22-16-14-21(15-17-22)20(2)3)26(36)19-34-24-12-9-8-11-23(24)31-32-34/h8-18,20,27H,7,19H2,1-6H3,(H,30,37)/t27-/m0/s1. The molecule has 37 heavy (non-hydrogen) atoms. The van der Waals surface area contributed by atoms with E-state index in [0.29, 0.717) is 22.8 Å². The number of nitrogens with zero attached hydrogens (tertiary/aromatic N) is 5. The Morgan fingerprint density at radius 2 is 1.73 bits per heavy atom. The molecule has 0 saturated heterocycles. The molecule has 0 radical (unpaired) electrons. The summed E-state index contributed by atoms with van der Waals surface area (Å²) < 4.78 is 3.47. The van der Waals surface area contributed by atoms with Gasteiger partial charge in [-0.1, -0.05) is 50.3 Å². The van der Waals surface area contributed by atoms with E-state index in [4.69, 9.17) is 0 Å². The number of benzene rings is 2. The monoisotopic (exact) mass is 500 g/mol. The van der Waals surface area contributed by atoms with Crippen LogP contribution < -0.4 is 10.2 Å². The lowest BCUT2D eigenvalue weighted by Crippen LogP contribution is -2.51. The Morgan fingerprint density at radius 3 is 2.35 bits per heavy atom. The van der Waals surface area contributed by atoms with Crippen LogP contribution in [0.1, 0.15) is 64.3 Å². The second-order valence-corrected chi connectivity index (χ2v) is 10.4. The van der Waals surface area contributed by atoms with Gasteiger partial charge in [0, 0.05) is 24.5 Å². The van der Waals surface area contributed by atoms with Crippen molar-refractivity contribution >= 4 is 28.5 Å². The third-order valence-electron chi connectivity index (χ3n) is 6.93. The summed E-state index contributed by atoms with van der Waals surface area (Å²) in [6.45, 7) is 10.2. The van der Waals surface area contributed by atoms with Gasteiger partial charge in [0.2, 0.25) is 11.8 Å². The number of hydrogen-bond acceptors (Lipinski definition) is 4. The van der Waals surface area contributed by atoms with Crippen molar-refractivity contribution in [3.05, 3.63) is 78.1 Å². The number of carbonyl (C=O) groups is 2. The fourth-order valence-corrected chi connectivity index (χ4v) is 4.33. The second kappa shape index (κ2) is 10.6. The first-order chi connectivity index (χ1) is 17.6. The van der Waals surface area contributed by atoms with E-state index in [9.17, 15) is 9.59 Å². The Bertz CT molecular complexity index is 1380. The van der Waals surface area contributed by atoms with Crippen LogP contribution in [-0.2, 0) is 23.2 Å². The normalized spacial score (nSPS) is 12.6. The predicted octanol–water partition coefficient (Wildman–Crippen LogP) is 4.97. The van der Waals surface area contributed by atoms with E-state index < -0.39 is 11.6 Å². The SMILES string of the molecule is CCC(C)(C)NC(=O)[C@H](c1cccn1C)N(C(=O)Cn1nnc2ccccc21)c1ccc(C(C)C)cc1. The van der Waals surface area contributed by atoms with Crippen LogP contribution in [0.3, 0.4) is 0 Å². The molecule has 0 aliphatic carbocycles. The first-order valence-corrected chi connectivity index (χ1v) is 12.7. The van der Waals surface area contributed by atoms with E-state index in [-0.39, 0.29) is 18.4 Å². The molecule has 1 atom stereocenters. The molecule has 2 heterocycles. The minimum atomic E-state index is -0.877. The van der Waals surface area contributed by atoms with E-state index >= 15 is 0 Å². The zero-order chi connectivity index (χ0) is 26.7. The number of aryl methyl sites for hydroxylation is 1. The van der Waals surface area contributed by atoms with Crippen LogP contribution in [0.2, 0.25) is 0 Å². The molecule has 8 nitrogen and oxygen atoms in total. The molecule has 0 aliphatic heterocycles. The van der Waals surface area contributed by atoms with Crippen molar-refractivity contribution in [2.24, 2.45) is 7.05 Å². The van der Waals surface area contributed by atoms with Crippen LogP contribution in [0.5, 0.6) is 0 Å². The molecule has 0 aliphatic rings. The van der Waals surface area contributed by atoms with E-state index in [1.807, 2.05) is 99.2 Å². The van der Waals surface area contributed by atoms with Gasteiger partial charge in [-0.25, -0.2) is 4.68 Å². The summed E-state index contributed by atoms with van der Waals surface area (Å²) in [6, 6.07) is 18.3. The Labute approximate surface area is 218 Å². The van der Waals surface area contributed by atoms with Gasteiger partial charge in [-0.05, 0) is 68.1 Å². The van der Waals surface area contributed by atoms with Gasteiger partial charge >= 0.3 is 0 Å². The first kappa shape index (κ1) is 26.1. The van der Waals surface area contributed by atoms with Crippen LogP contribution in [0.4, 0.5) is 5.69 Å². The number of fused-ring (bicyclic) bond motifs is 1. The van der Waals surface area contributed by atoms with Crippen molar-refractivity contribution in [1.82, 2.24) is 24.9 Å². The van der Waals surface area contributed by atoms with Gasteiger partial charge < -0.3 is 9.88 Å². The minimum absolute atomic E-state index is 0.0577. The van der Waals surface area contributed by atoms with Gasteiger partial charge in [0.1, 0.15) is 12.1 Å². The average Bonchev–Trinajstić information content (AvgIpc) is 3.48. The third-order valence-corrected chi connectivity index (χ3v) is 6.93. The molecular formula is C29H36N6O2. The Kier molecular flexibility index (Phi) is 7.47. The number of hydrogen-bond donors (Lipinski definition) is 1. The highest BCUT2D eigenvalue weighted by Gasteiger charge is 2.36. The quantitative estimate of drug-likeness (QED) is 0.352. The molecule has 0 saturated carbocycles. The maximum absolute atomic E-state index is 14.1. The average molecular weight is 501 g/mol. The Balaban J connectivity index is 1.82. The first-order valence-electron chi connectivity index (χ1n) is 12.7. The molecule has 0 bridgehead atoms. The molecule has 8 heteroatoms. The number of amides is 2. The van der Waals surface area contributed by atoms with Crippen molar-refractivity contribution in [2.45, 2.75) is 65.1 Å². The summed E-state index contributed by atoms with van der Waals surface area (Å²) in [7, 11) is 1.88. The van der Waals surface area contributed by atoms with Gasteiger partial charge in [0.05, 0.1) is 11.2 Å². The summed E-state index contributed by atoms with van der Waals surface area (Å²) in [5, 5.41) is 11.6. The minimum Gasteiger partial charge on any atom is -0.352 e. The van der Waals surface area contributed by atoms with Gasteiger partial charge in [0.15, 0.2) is 6.04 Å². The maximum Gasteiger partial charge on any atom is 0.249 e. The molecule has 194 valence electrons. The van der Waals surface area contributed by atoms with Gasteiger partial charge in [-0.15, -0.1) is 5.10 Å². The molecule has 4 rings (SSSR count). The van der Waals surface area contributed by atoms with Crippen molar-refractivity contribution in [1.29, 1.82) is 0 Å². The van der Waals surface area contributed by atoms with Crippen LogP contribution in [0.15, 0.2) is 66.9 Å². The second-order valence-electron chi connectivity index (χ2n) is 10.4. The Hall–Kier alpha value is -3.94. The summed E-state index contributed by atoms with van der Waals surface area (Å²) in [4.78, 5) is 29.6. The van der Waals surface area contributed by atoms with Crippen LogP contribution in [-0.4, -0.2) is 36.9 Å². The number of nitrogens with one attached hydrogen (secondary N) is 1. The highest BCUT2D eigenvalue weighted by atomic mass is 16.2. The highest BCUT2D eigenvalue weighted by molar-refractivity contribution is 6.01. The number of para-hydroxylation sites is 1. The molecule has 4 aromatic rings. The lowest BCUT2D eigenvalue weighted by atomic mass is 9.99. The number of carbonyl (C=O) groups excluding carboxylic acids is 2. The fraction of sp³-hybridized carbons (Fsp3) is 0.379. The van der Waals surface area contributed by atoms with Crippen LogP contribution in [0.25, 0.3) is 11.0 Å². The van der Waals surface area contributed by atoms with Gasteiger partial charge in [0.25, 0.3) is 0 Å². The maximum atomic E-state index is 14.1. The number of rotatable bonds is 9. The molecule has 0 spiro atoms. The summed E-state index contributed by atoms with van der Waals surface area (Å²) >= 11 is 0. The van der Waals surface area contributed by atoms with E-state index in [0.717, 1.165) is 17.5 Å². The van der Waals surface area contributed by atoms with Crippen molar-refractivity contribution < 1.29 is 9.59 Å². The van der Waals surface area contributed by atoms with Gasteiger partial charge in [-0.2, -0.15) is 0 Å². The summed E-state index contributed by atoms with van der Waals surface area (Å²) in [5.41, 5.74) is 3.57. The van der Waals surface area contributed by atoms with Gasteiger partial charge in [-0.3, -0.25) is 14.5 Å². The van der Waals surface area contributed by atoms with E-state index in [1.165, 1.54) is 0 Å². The van der Waals surface area contributed by atoms with Crippen molar-refractivity contribution in [2.75, 3.05) is 4.90 Å². The molecule has 2 amide bonds. The number of aromatic nitrogens is 4. The van der Waals surface area contributed by atoms with Crippen LogP contribution >= 0.6 is 0 Å². The largest absolute Gasteiger partial charge is 0.352 e. The smallest absolute Gasteiger partial charge is 0.249 e. The summed E-state index contributed by atoms with van der Waals surface area (Å²) in [6.07, 6.45) is 2.64. The van der Waals surface area contributed by atoms with Crippen molar-refractivity contribution in [3.63, 3.8) is 0 Å². The molecule has 1 N–H and O–H groups in total. The third kappa shape index (κ3) is 5.58. The zero-order valence-corrected chi connectivity index (χ0v) is 22.5. The van der Waals surface area contributed by atoms with Crippen LogP contribution in [0, 0.1) is 0 Å². The predicted molar refractivity (Wildman–Crippen MR) is 146 cm³/mol.